The van der Waals surface area contributed by atoms with Crippen molar-refractivity contribution in [1.29, 1.82) is 0 Å². The lowest BCUT2D eigenvalue weighted by Gasteiger charge is -2.12. The monoisotopic (exact) mass is 225 g/mol. The van der Waals surface area contributed by atoms with Gasteiger partial charge in [-0.25, -0.2) is 4.79 Å². The number of rotatable bonds is 3. The van der Waals surface area contributed by atoms with E-state index in [1.807, 2.05) is 12.1 Å². The van der Waals surface area contributed by atoms with Crippen LogP contribution in [0, 0.1) is 0 Å². The number of ether oxygens (including phenoxy) is 1. The lowest BCUT2D eigenvalue weighted by Crippen LogP contribution is -2.17. The van der Waals surface area contributed by atoms with E-state index >= 15 is 0 Å². The molecular formula is C11H15NO2S. The third kappa shape index (κ3) is 2.58. The molecule has 0 N–H and O–H groups in total. The van der Waals surface area contributed by atoms with Crippen molar-refractivity contribution in [3.8, 4) is 0 Å². The first-order chi connectivity index (χ1) is 7.29. The zero-order chi connectivity index (χ0) is 10.7. The van der Waals surface area contributed by atoms with E-state index in [0.29, 0.717) is 4.88 Å². The van der Waals surface area contributed by atoms with Crippen molar-refractivity contribution in [3.63, 3.8) is 0 Å². The molecule has 1 aliphatic heterocycles. The lowest BCUT2D eigenvalue weighted by atomic mass is 10.4. The molecule has 0 aromatic carbocycles. The zero-order valence-electron chi connectivity index (χ0n) is 8.86. The predicted molar refractivity (Wildman–Crippen MR) is 60.2 cm³/mol. The van der Waals surface area contributed by atoms with Crippen LogP contribution in [-0.2, 0) is 11.3 Å². The average Bonchev–Trinajstić information content (AvgIpc) is 2.88. The smallest absolute Gasteiger partial charge is 0.348 e. The van der Waals surface area contributed by atoms with Gasteiger partial charge in [-0.05, 0) is 38.1 Å². The van der Waals surface area contributed by atoms with Crippen LogP contribution in [0.25, 0.3) is 0 Å². The van der Waals surface area contributed by atoms with Crippen molar-refractivity contribution in [2.24, 2.45) is 0 Å². The Morgan fingerprint density at radius 3 is 2.87 bits per heavy atom. The summed E-state index contributed by atoms with van der Waals surface area (Å²) in [7, 11) is 1.42. The van der Waals surface area contributed by atoms with Gasteiger partial charge in [-0.2, -0.15) is 0 Å². The van der Waals surface area contributed by atoms with Crippen molar-refractivity contribution < 1.29 is 9.53 Å². The number of methoxy groups -OCH3 is 1. The van der Waals surface area contributed by atoms with E-state index in [9.17, 15) is 4.79 Å². The molecule has 0 amide bonds. The van der Waals surface area contributed by atoms with E-state index in [1.165, 1.54) is 49.3 Å². The SMILES string of the molecule is COC(=O)c1ccc(CN2CCCC2)s1. The van der Waals surface area contributed by atoms with Crippen LogP contribution in [0.2, 0.25) is 0 Å². The maximum atomic E-state index is 11.2. The zero-order valence-corrected chi connectivity index (χ0v) is 9.68. The van der Waals surface area contributed by atoms with E-state index in [1.54, 1.807) is 0 Å². The van der Waals surface area contributed by atoms with Crippen molar-refractivity contribution in [1.82, 2.24) is 4.90 Å². The molecule has 0 aliphatic carbocycles. The summed E-state index contributed by atoms with van der Waals surface area (Å²) in [6.07, 6.45) is 2.60. The Labute approximate surface area is 93.7 Å². The maximum Gasteiger partial charge on any atom is 0.348 e. The van der Waals surface area contributed by atoms with Gasteiger partial charge < -0.3 is 4.74 Å². The molecule has 0 spiro atoms. The van der Waals surface area contributed by atoms with Crippen LogP contribution in [-0.4, -0.2) is 31.1 Å². The molecule has 82 valence electrons. The molecule has 0 unspecified atom stereocenters. The number of likely N-dealkylation sites (tertiary alicyclic amines) is 1. The first kappa shape index (κ1) is 10.6. The van der Waals surface area contributed by atoms with Crippen molar-refractivity contribution in [2.75, 3.05) is 20.2 Å². The van der Waals surface area contributed by atoms with E-state index in [4.69, 9.17) is 0 Å². The summed E-state index contributed by atoms with van der Waals surface area (Å²) in [6.45, 7) is 3.35. The van der Waals surface area contributed by atoms with Crippen LogP contribution in [0.4, 0.5) is 0 Å². The number of nitrogens with zero attached hydrogens (tertiary/aromatic N) is 1. The molecular weight excluding hydrogens is 210 g/mol. The highest BCUT2D eigenvalue weighted by molar-refractivity contribution is 7.13. The van der Waals surface area contributed by atoms with E-state index in [0.717, 1.165) is 6.54 Å². The second-order valence-electron chi connectivity index (χ2n) is 3.74. The standard InChI is InChI=1S/C11H15NO2S/c1-14-11(13)10-5-4-9(15-10)8-12-6-2-3-7-12/h4-5H,2-3,6-8H2,1H3. The number of esters is 1. The number of hydrogen-bond donors (Lipinski definition) is 0. The quantitative estimate of drug-likeness (QED) is 0.738. The minimum Gasteiger partial charge on any atom is -0.465 e. The van der Waals surface area contributed by atoms with Gasteiger partial charge in [0.15, 0.2) is 0 Å². The molecule has 0 saturated carbocycles. The number of hydrogen-bond acceptors (Lipinski definition) is 4. The minimum absolute atomic E-state index is 0.229. The fourth-order valence-corrected chi connectivity index (χ4v) is 2.80. The lowest BCUT2D eigenvalue weighted by molar-refractivity contribution is 0.0606. The molecule has 0 bridgehead atoms. The molecule has 1 aliphatic rings. The highest BCUT2D eigenvalue weighted by Gasteiger charge is 2.14. The predicted octanol–water partition coefficient (Wildman–Crippen LogP) is 2.13. The molecule has 1 aromatic rings. The second-order valence-corrected chi connectivity index (χ2v) is 4.91. The first-order valence-corrected chi connectivity index (χ1v) is 6.00. The van der Waals surface area contributed by atoms with Crippen molar-refractivity contribution >= 4 is 17.3 Å². The molecule has 2 heterocycles. The van der Waals surface area contributed by atoms with Gasteiger partial charge in [-0.3, -0.25) is 4.90 Å². The van der Waals surface area contributed by atoms with Gasteiger partial charge in [0.05, 0.1) is 7.11 Å². The Morgan fingerprint density at radius 2 is 2.20 bits per heavy atom. The molecule has 1 aromatic heterocycles. The van der Waals surface area contributed by atoms with Crippen molar-refractivity contribution in [3.05, 3.63) is 21.9 Å². The summed E-state index contributed by atoms with van der Waals surface area (Å²) >= 11 is 1.54. The van der Waals surface area contributed by atoms with Gasteiger partial charge in [0.1, 0.15) is 4.88 Å². The number of carbonyl (C=O) groups is 1. The Morgan fingerprint density at radius 1 is 1.47 bits per heavy atom. The Bertz CT molecular complexity index is 342. The normalized spacial score (nSPS) is 16.9. The first-order valence-electron chi connectivity index (χ1n) is 5.19. The summed E-state index contributed by atoms with van der Waals surface area (Å²) in [4.78, 5) is 15.6. The van der Waals surface area contributed by atoms with Gasteiger partial charge in [0, 0.05) is 11.4 Å². The van der Waals surface area contributed by atoms with E-state index in [2.05, 4.69) is 9.64 Å². The van der Waals surface area contributed by atoms with E-state index < -0.39 is 0 Å². The highest BCUT2D eigenvalue weighted by Crippen LogP contribution is 2.20. The summed E-state index contributed by atoms with van der Waals surface area (Å²) in [5.74, 6) is -0.229. The molecule has 0 radical (unpaired) electrons. The Balaban J connectivity index is 1.97. The fourth-order valence-electron chi connectivity index (χ4n) is 1.83. The second kappa shape index (κ2) is 4.77. The Hall–Kier alpha value is -0.870. The summed E-state index contributed by atoms with van der Waals surface area (Å²) in [6, 6.07) is 3.87. The number of thiophene rings is 1. The van der Waals surface area contributed by atoms with Crippen LogP contribution >= 0.6 is 11.3 Å². The van der Waals surface area contributed by atoms with Crippen LogP contribution in [0.1, 0.15) is 27.4 Å². The van der Waals surface area contributed by atoms with Gasteiger partial charge in [-0.15, -0.1) is 11.3 Å². The molecule has 4 heteroatoms. The van der Waals surface area contributed by atoms with Crippen molar-refractivity contribution in [2.45, 2.75) is 19.4 Å². The number of carbonyl (C=O) groups excluding carboxylic acids is 1. The third-order valence-corrected chi connectivity index (χ3v) is 3.68. The topological polar surface area (TPSA) is 29.5 Å². The maximum absolute atomic E-state index is 11.2. The van der Waals surface area contributed by atoms with Crippen LogP contribution in [0.5, 0.6) is 0 Å². The summed E-state index contributed by atoms with van der Waals surface area (Å²) in [5.41, 5.74) is 0. The van der Waals surface area contributed by atoms with Crippen LogP contribution in [0.3, 0.4) is 0 Å². The molecule has 1 saturated heterocycles. The molecule has 1 fully saturated rings. The highest BCUT2D eigenvalue weighted by atomic mass is 32.1. The van der Waals surface area contributed by atoms with Gasteiger partial charge in [0.25, 0.3) is 0 Å². The third-order valence-electron chi connectivity index (χ3n) is 2.63. The van der Waals surface area contributed by atoms with Gasteiger partial charge in [0.2, 0.25) is 0 Å². The Kier molecular flexibility index (Phi) is 3.38. The largest absolute Gasteiger partial charge is 0.465 e. The minimum atomic E-state index is -0.229. The average molecular weight is 225 g/mol. The molecule has 2 rings (SSSR count). The molecule has 0 atom stereocenters. The summed E-state index contributed by atoms with van der Waals surface area (Å²) < 4.78 is 4.68. The molecule has 15 heavy (non-hydrogen) atoms. The fraction of sp³-hybridized carbons (Fsp3) is 0.545. The molecule has 3 nitrogen and oxygen atoms in total. The van der Waals surface area contributed by atoms with Gasteiger partial charge >= 0.3 is 5.97 Å². The summed E-state index contributed by atoms with van der Waals surface area (Å²) in [5, 5.41) is 0. The van der Waals surface area contributed by atoms with E-state index in [-0.39, 0.29) is 5.97 Å². The van der Waals surface area contributed by atoms with Crippen LogP contribution < -0.4 is 0 Å². The van der Waals surface area contributed by atoms with Crippen LogP contribution in [0.15, 0.2) is 12.1 Å². The van der Waals surface area contributed by atoms with Gasteiger partial charge in [-0.1, -0.05) is 0 Å².